The van der Waals surface area contributed by atoms with Crippen LogP contribution in [0.3, 0.4) is 0 Å². The molecule has 0 amide bonds. The maximum Gasteiger partial charge on any atom is 0.259 e. The van der Waals surface area contributed by atoms with Crippen LogP contribution in [0.4, 0.5) is 0 Å². The van der Waals surface area contributed by atoms with E-state index < -0.39 is 0 Å². The van der Waals surface area contributed by atoms with Gasteiger partial charge in [-0.25, -0.2) is 5.10 Å². The summed E-state index contributed by atoms with van der Waals surface area (Å²) in [6.45, 7) is 0. The van der Waals surface area contributed by atoms with Gasteiger partial charge in [0.1, 0.15) is 0 Å². The SMILES string of the molecule is O=c1[nH]c(-c2csc3ccccc23)ccc1-c1nnn[nH]1. The molecule has 2 N–H and O–H groups in total. The van der Waals surface area contributed by atoms with Crippen molar-refractivity contribution in [3.63, 3.8) is 0 Å². The highest BCUT2D eigenvalue weighted by Crippen LogP contribution is 2.32. The van der Waals surface area contributed by atoms with Gasteiger partial charge in [0.25, 0.3) is 5.56 Å². The molecule has 0 aliphatic heterocycles. The molecular weight excluding hydrogens is 286 g/mol. The zero-order chi connectivity index (χ0) is 14.2. The molecule has 0 aliphatic rings. The summed E-state index contributed by atoms with van der Waals surface area (Å²) in [7, 11) is 0. The molecule has 3 heterocycles. The summed E-state index contributed by atoms with van der Waals surface area (Å²) in [5.41, 5.74) is 2.01. The van der Waals surface area contributed by atoms with Crippen molar-refractivity contribution >= 4 is 21.4 Å². The van der Waals surface area contributed by atoms with Gasteiger partial charge in [0.05, 0.1) is 5.56 Å². The Kier molecular flexibility index (Phi) is 2.65. The number of aromatic amines is 2. The van der Waals surface area contributed by atoms with E-state index in [9.17, 15) is 4.79 Å². The number of thiophene rings is 1. The zero-order valence-electron chi connectivity index (χ0n) is 10.7. The van der Waals surface area contributed by atoms with Crippen LogP contribution in [0.5, 0.6) is 0 Å². The molecule has 0 fully saturated rings. The van der Waals surface area contributed by atoms with Crippen molar-refractivity contribution in [2.45, 2.75) is 0 Å². The molecule has 0 unspecified atom stereocenters. The molecule has 3 aromatic heterocycles. The van der Waals surface area contributed by atoms with Crippen molar-refractivity contribution in [1.29, 1.82) is 0 Å². The third-order valence-corrected chi connectivity index (χ3v) is 4.24. The van der Waals surface area contributed by atoms with Crippen molar-refractivity contribution in [1.82, 2.24) is 25.6 Å². The van der Waals surface area contributed by atoms with Gasteiger partial charge in [-0.15, -0.1) is 16.4 Å². The number of hydrogen-bond donors (Lipinski definition) is 2. The number of pyridine rings is 1. The third-order valence-electron chi connectivity index (χ3n) is 3.28. The molecule has 4 aromatic rings. The maximum atomic E-state index is 12.2. The fraction of sp³-hybridized carbons (Fsp3) is 0. The van der Waals surface area contributed by atoms with Gasteiger partial charge in [-0.1, -0.05) is 18.2 Å². The van der Waals surface area contributed by atoms with Crippen molar-refractivity contribution in [3.8, 4) is 22.6 Å². The highest BCUT2D eigenvalue weighted by atomic mass is 32.1. The molecule has 4 rings (SSSR count). The lowest BCUT2D eigenvalue weighted by Crippen LogP contribution is -2.10. The minimum Gasteiger partial charge on any atom is -0.321 e. The van der Waals surface area contributed by atoms with Crippen LogP contribution >= 0.6 is 11.3 Å². The Morgan fingerprint density at radius 2 is 1.95 bits per heavy atom. The average molecular weight is 295 g/mol. The third kappa shape index (κ3) is 1.95. The van der Waals surface area contributed by atoms with Crippen LogP contribution in [0.15, 0.2) is 46.6 Å². The molecule has 0 saturated heterocycles. The van der Waals surface area contributed by atoms with Gasteiger partial charge >= 0.3 is 0 Å². The second kappa shape index (κ2) is 4.64. The quantitative estimate of drug-likeness (QED) is 0.594. The lowest BCUT2D eigenvalue weighted by molar-refractivity contribution is 0.881. The molecule has 0 spiro atoms. The van der Waals surface area contributed by atoms with Crippen LogP contribution in [0, 0.1) is 0 Å². The van der Waals surface area contributed by atoms with E-state index in [4.69, 9.17) is 0 Å². The second-order valence-corrected chi connectivity index (χ2v) is 5.42. The lowest BCUT2D eigenvalue weighted by Gasteiger charge is -2.01. The van der Waals surface area contributed by atoms with Gasteiger partial charge in [-0.2, -0.15) is 0 Å². The predicted molar refractivity (Wildman–Crippen MR) is 81.1 cm³/mol. The maximum absolute atomic E-state index is 12.2. The van der Waals surface area contributed by atoms with Crippen molar-refractivity contribution < 1.29 is 0 Å². The molecule has 0 atom stereocenters. The van der Waals surface area contributed by atoms with E-state index in [2.05, 4.69) is 31.7 Å². The normalized spacial score (nSPS) is 11.0. The highest BCUT2D eigenvalue weighted by Gasteiger charge is 2.11. The molecule has 102 valence electrons. The molecule has 1 aromatic carbocycles. The first kappa shape index (κ1) is 12.0. The van der Waals surface area contributed by atoms with Crippen LogP contribution < -0.4 is 5.56 Å². The Bertz CT molecular complexity index is 970. The summed E-state index contributed by atoms with van der Waals surface area (Å²) in [5.74, 6) is 0.359. The molecule has 6 nitrogen and oxygen atoms in total. The summed E-state index contributed by atoms with van der Waals surface area (Å²) < 4.78 is 1.19. The van der Waals surface area contributed by atoms with Crippen molar-refractivity contribution in [2.75, 3.05) is 0 Å². The Hall–Kier alpha value is -2.80. The first-order valence-electron chi connectivity index (χ1n) is 6.27. The molecule has 0 radical (unpaired) electrons. The van der Waals surface area contributed by atoms with E-state index in [1.54, 1.807) is 17.4 Å². The number of nitrogens with one attached hydrogen (secondary N) is 2. The van der Waals surface area contributed by atoms with Crippen LogP contribution in [0.2, 0.25) is 0 Å². The average Bonchev–Trinajstić information content (AvgIpc) is 3.16. The largest absolute Gasteiger partial charge is 0.321 e. The van der Waals surface area contributed by atoms with Crippen molar-refractivity contribution in [3.05, 3.63) is 52.1 Å². The van der Waals surface area contributed by atoms with Crippen LogP contribution in [-0.2, 0) is 0 Å². The molecule has 0 saturated carbocycles. The van der Waals surface area contributed by atoms with Crippen LogP contribution in [-0.4, -0.2) is 25.6 Å². The van der Waals surface area contributed by atoms with E-state index in [0.717, 1.165) is 16.6 Å². The summed E-state index contributed by atoms with van der Waals surface area (Å²) >= 11 is 1.66. The predicted octanol–water partition coefficient (Wildman–Crippen LogP) is 2.44. The summed E-state index contributed by atoms with van der Waals surface area (Å²) in [5, 5.41) is 16.5. The number of hydrogen-bond acceptors (Lipinski definition) is 5. The fourth-order valence-electron chi connectivity index (χ4n) is 2.28. The van der Waals surface area contributed by atoms with Gasteiger partial charge < -0.3 is 4.98 Å². The van der Waals surface area contributed by atoms with Gasteiger partial charge in [0.15, 0.2) is 5.82 Å². The highest BCUT2D eigenvalue weighted by molar-refractivity contribution is 7.17. The van der Waals surface area contributed by atoms with Gasteiger partial charge in [-0.05, 0) is 28.6 Å². The van der Waals surface area contributed by atoms with E-state index >= 15 is 0 Å². The smallest absolute Gasteiger partial charge is 0.259 e. The topological polar surface area (TPSA) is 87.3 Å². The van der Waals surface area contributed by atoms with E-state index in [-0.39, 0.29) is 5.56 Å². The first-order chi connectivity index (χ1) is 10.3. The Morgan fingerprint density at radius 3 is 2.76 bits per heavy atom. The first-order valence-corrected chi connectivity index (χ1v) is 7.15. The molecule has 21 heavy (non-hydrogen) atoms. The Balaban J connectivity index is 1.87. The van der Waals surface area contributed by atoms with E-state index in [1.165, 1.54) is 4.70 Å². The van der Waals surface area contributed by atoms with Gasteiger partial charge in [0, 0.05) is 26.7 Å². The Labute approximate surface area is 122 Å². The number of benzene rings is 1. The summed E-state index contributed by atoms with van der Waals surface area (Å²) in [4.78, 5) is 15.1. The molecule has 0 bridgehead atoms. The number of rotatable bonds is 2. The zero-order valence-corrected chi connectivity index (χ0v) is 11.5. The summed E-state index contributed by atoms with van der Waals surface area (Å²) in [6, 6.07) is 11.7. The summed E-state index contributed by atoms with van der Waals surface area (Å²) in [6.07, 6.45) is 0. The van der Waals surface area contributed by atoms with Crippen molar-refractivity contribution in [2.24, 2.45) is 0 Å². The fourth-order valence-corrected chi connectivity index (χ4v) is 3.24. The van der Waals surface area contributed by atoms with Gasteiger partial charge in [-0.3, -0.25) is 4.79 Å². The standard InChI is InChI=1S/C14H9N5OS/c20-14-9(13-16-18-19-17-13)5-6-11(15-14)10-7-21-12-4-2-1-3-8(10)12/h1-7H,(H,15,20)(H,16,17,18,19). The number of nitrogens with zero attached hydrogens (tertiary/aromatic N) is 3. The number of fused-ring (bicyclic) bond motifs is 1. The minimum absolute atomic E-state index is 0.221. The lowest BCUT2D eigenvalue weighted by atomic mass is 10.1. The Morgan fingerprint density at radius 1 is 1.05 bits per heavy atom. The number of aromatic nitrogens is 5. The van der Waals surface area contributed by atoms with E-state index in [0.29, 0.717) is 11.4 Å². The van der Waals surface area contributed by atoms with Gasteiger partial charge in [0.2, 0.25) is 0 Å². The second-order valence-electron chi connectivity index (χ2n) is 4.51. The van der Waals surface area contributed by atoms with Crippen LogP contribution in [0.25, 0.3) is 32.7 Å². The van der Waals surface area contributed by atoms with Crippen LogP contribution in [0.1, 0.15) is 0 Å². The molecule has 0 aliphatic carbocycles. The molecular formula is C14H9N5OS. The minimum atomic E-state index is -0.221. The monoisotopic (exact) mass is 295 g/mol. The number of tetrazole rings is 1. The number of H-pyrrole nitrogens is 2. The van der Waals surface area contributed by atoms with E-state index in [1.807, 2.05) is 29.6 Å². The molecule has 7 heteroatoms.